The fourth-order valence-corrected chi connectivity index (χ4v) is 3.39. The summed E-state index contributed by atoms with van der Waals surface area (Å²) in [6, 6.07) is 0. The van der Waals surface area contributed by atoms with Crippen molar-refractivity contribution in [1.82, 2.24) is 14.8 Å². The van der Waals surface area contributed by atoms with E-state index in [1.165, 1.54) is 32.1 Å². The second-order valence-corrected chi connectivity index (χ2v) is 5.97. The van der Waals surface area contributed by atoms with Gasteiger partial charge < -0.3 is 14.6 Å². The lowest BCUT2D eigenvalue weighted by Crippen LogP contribution is -2.37. The normalized spacial score (nSPS) is 22.9. The lowest BCUT2D eigenvalue weighted by molar-refractivity contribution is 0.145. The number of hydrogen-bond donors (Lipinski definition) is 1. The van der Waals surface area contributed by atoms with Crippen molar-refractivity contribution < 1.29 is 5.11 Å². The Bertz CT molecular complexity index is 417. The second-order valence-electron chi connectivity index (χ2n) is 5.97. The van der Waals surface area contributed by atoms with Crippen molar-refractivity contribution in [3.8, 4) is 0 Å². The predicted octanol–water partition coefficient (Wildman–Crippen LogP) is 1.82. The minimum absolute atomic E-state index is 0.137. The summed E-state index contributed by atoms with van der Waals surface area (Å²) in [5.41, 5.74) is 0. The molecule has 3 rings (SSSR count). The van der Waals surface area contributed by atoms with E-state index in [1.807, 2.05) is 0 Å². The van der Waals surface area contributed by atoms with E-state index in [4.69, 9.17) is 0 Å². The molecule has 2 aliphatic rings. The smallest absolute Gasteiger partial charge is 0.226 e. The molecular formula is C14H24N4O. The quantitative estimate of drug-likeness (QED) is 0.885. The first kappa shape index (κ1) is 12.9. The van der Waals surface area contributed by atoms with E-state index < -0.39 is 0 Å². The highest BCUT2D eigenvalue weighted by Crippen LogP contribution is 2.32. The summed E-state index contributed by atoms with van der Waals surface area (Å²) in [7, 11) is 2.09. The van der Waals surface area contributed by atoms with Crippen LogP contribution in [0.25, 0.3) is 0 Å². The van der Waals surface area contributed by atoms with Crippen LogP contribution >= 0.6 is 0 Å². The monoisotopic (exact) mass is 264 g/mol. The molecule has 2 fully saturated rings. The molecule has 1 saturated carbocycles. The Balaban J connectivity index is 1.74. The molecule has 1 N–H and O–H groups in total. The number of aliphatic hydroxyl groups excluding tert-OH is 1. The van der Waals surface area contributed by atoms with Gasteiger partial charge in [0, 0.05) is 26.1 Å². The molecule has 0 amide bonds. The number of hydrogen-bond acceptors (Lipinski definition) is 4. The summed E-state index contributed by atoms with van der Waals surface area (Å²) in [5.74, 6) is 2.73. The number of anilines is 1. The van der Waals surface area contributed by atoms with Crippen LogP contribution in [-0.4, -0.2) is 39.1 Å². The van der Waals surface area contributed by atoms with Crippen molar-refractivity contribution in [1.29, 1.82) is 0 Å². The average Bonchev–Trinajstić information content (AvgIpc) is 2.83. The number of aromatic nitrogens is 3. The molecule has 5 heteroatoms. The maximum absolute atomic E-state index is 9.58. The van der Waals surface area contributed by atoms with Crippen molar-refractivity contribution in [2.75, 3.05) is 18.0 Å². The fourth-order valence-electron chi connectivity index (χ4n) is 3.39. The number of nitrogens with zero attached hydrogens (tertiary/aromatic N) is 4. The third kappa shape index (κ3) is 2.61. The number of rotatable bonds is 2. The largest absolute Gasteiger partial charge is 0.393 e. The third-order valence-electron chi connectivity index (χ3n) is 4.60. The molecular weight excluding hydrogens is 240 g/mol. The molecule has 1 aliphatic carbocycles. The van der Waals surface area contributed by atoms with Crippen LogP contribution in [0.3, 0.4) is 0 Å². The van der Waals surface area contributed by atoms with Crippen LogP contribution in [-0.2, 0) is 7.05 Å². The van der Waals surface area contributed by atoms with Gasteiger partial charge in [-0.15, -0.1) is 10.2 Å². The SMILES string of the molecule is Cn1c(C2CCCCC2)nnc1N1CCC(O)CC1. The van der Waals surface area contributed by atoms with E-state index in [9.17, 15) is 5.11 Å². The van der Waals surface area contributed by atoms with Gasteiger partial charge in [0.05, 0.1) is 6.10 Å². The molecule has 1 aliphatic heterocycles. The molecule has 5 nitrogen and oxygen atoms in total. The van der Waals surface area contributed by atoms with E-state index in [1.54, 1.807) is 0 Å². The molecule has 0 bridgehead atoms. The molecule has 0 aromatic carbocycles. The zero-order chi connectivity index (χ0) is 13.2. The lowest BCUT2D eigenvalue weighted by atomic mass is 9.89. The van der Waals surface area contributed by atoms with Crippen molar-refractivity contribution in [3.05, 3.63) is 5.82 Å². The maximum Gasteiger partial charge on any atom is 0.226 e. The predicted molar refractivity (Wildman–Crippen MR) is 74.3 cm³/mol. The van der Waals surface area contributed by atoms with Gasteiger partial charge in [-0.2, -0.15) is 0 Å². The second kappa shape index (κ2) is 5.49. The summed E-state index contributed by atoms with van der Waals surface area (Å²) in [4.78, 5) is 2.26. The third-order valence-corrected chi connectivity index (χ3v) is 4.60. The van der Waals surface area contributed by atoms with E-state index in [0.29, 0.717) is 5.92 Å². The standard InChI is InChI=1S/C14H24N4O/c1-17-13(11-5-3-2-4-6-11)15-16-14(17)18-9-7-12(19)8-10-18/h11-12,19H,2-10H2,1H3. The average molecular weight is 264 g/mol. The van der Waals surface area contributed by atoms with Gasteiger partial charge in [-0.25, -0.2) is 0 Å². The van der Waals surface area contributed by atoms with Gasteiger partial charge in [0.2, 0.25) is 5.95 Å². The molecule has 0 unspecified atom stereocenters. The Hall–Kier alpha value is -1.10. The molecule has 1 saturated heterocycles. The summed E-state index contributed by atoms with van der Waals surface area (Å²) >= 11 is 0. The molecule has 106 valence electrons. The first-order chi connectivity index (χ1) is 9.25. The van der Waals surface area contributed by atoms with Crippen LogP contribution in [0.2, 0.25) is 0 Å². The van der Waals surface area contributed by atoms with E-state index in [-0.39, 0.29) is 6.10 Å². The summed E-state index contributed by atoms with van der Waals surface area (Å²) < 4.78 is 2.17. The van der Waals surface area contributed by atoms with Gasteiger partial charge in [0.1, 0.15) is 5.82 Å². The lowest BCUT2D eigenvalue weighted by Gasteiger charge is -2.30. The van der Waals surface area contributed by atoms with Crippen LogP contribution in [0, 0.1) is 0 Å². The number of piperidine rings is 1. The highest BCUT2D eigenvalue weighted by molar-refractivity contribution is 5.32. The Morgan fingerprint density at radius 2 is 1.68 bits per heavy atom. The molecule has 0 radical (unpaired) electrons. The van der Waals surface area contributed by atoms with E-state index in [0.717, 1.165) is 37.7 Å². The Kier molecular flexibility index (Phi) is 3.73. The van der Waals surface area contributed by atoms with Crippen molar-refractivity contribution in [2.45, 2.75) is 57.0 Å². The van der Waals surface area contributed by atoms with E-state index >= 15 is 0 Å². The highest BCUT2D eigenvalue weighted by Gasteiger charge is 2.25. The maximum atomic E-state index is 9.58. The molecule has 1 aromatic rings. The van der Waals surface area contributed by atoms with Gasteiger partial charge in [-0.1, -0.05) is 19.3 Å². The summed E-state index contributed by atoms with van der Waals surface area (Å²) in [5, 5.41) is 18.4. The van der Waals surface area contributed by atoms with Gasteiger partial charge in [0.25, 0.3) is 0 Å². The molecule has 19 heavy (non-hydrogen) atoms. The van der Waals surface area contributed by atoms with Crippen LogP contribution in [0.4, 0.5) is 5.95 Å². The molecule has 2 heterocycles. The molecule has 1 aromatic heterocycles. The Morgan fingerprint density at radius 3 is 2.37 bits per heavy atom. The molecule has 0 atom stereocenters. The van der Waals surface area contributed by atoms with Gasteiger partial charge >= 0.3 is 0 Å². The first-order valence-corrected chi connectivity index (χ1v) is 7.58. The van der Waals surface area contributed by atoms with Crippen LogP contribution in [0.1, 0.15) is 56.7 Å². The topological polar surface area (TPSA) is 54.2 Å². The fraction of sp³-hybridized carbons (Fsp3) is 0.857. The molecule has 0 spiro atoms. The Morgan fingerprint density at radius 1 is 1.00 bits per heavy atom. The van der Waals surface area contributed by atoms with Gasteiger partial charge in [-0.05, 0) is 25.7 Å². The van der Waals surface area contributed by atoms with Crippen LogP contribution < -0.4 is 4.90 Å². The van der Waals surface area contributed by atoms with Gasteiger partial charge in [0.15, 0.2) is 0 Å². The van der Waals surface area contributed by atoms with Crippen molar-refractivity contribution >= 4 is 5.95 Å². The van der Waals surface area contributed by atoms with Gasteiger partial charge in [-0.3, -0.25) is 0 Å². The zero-order valence-corrected chi connectivity index (χ0v) is 11.8. The Labute approximate surface area is 114 Å². The highest BCUT2D eigenvalue weighted by atomic mass is 16.3. The van der Waals surface area contributed by atoms with Crippen molar-refractivity contribution in [3.63, 3.8) is 0 Å². The van der Waals surface area contributed by atoms with E-state index in [2.05, 4.69) is 26.7 Å². The number of aliphatic hydroxyl groups is 1. The minimum Gasteiger partial charge on any atom is -0.393 e. The zero-order valence-electron chi connectivity index (χ0n) is 11.8. The first-order valence-electron chi connectivity index (χ1n) is 7.58. The van der Waals surface area contributed by atoms with Crippen LogP contribution in [0.5, 0.6) is 0 Å². The minimum atomic E-state index is -0.137. The summed E-state index contributed by atoms with van der Waals surface area (Å²) in [6.45, 7) is 1.77. The van der Waals surface area contributed by atoms with Crippen LogP contribution in [0.15, 0.2) is 0 Å². The summed E-state index contributed by atoms with van der Waals surface area (Å²) in [6.07, 6.45) is 8.06. The van der Waals surface area contributed by atoms with Crippen molar-refractivity contribution in [2.24, 2.45) is 7.05 Å².